The minimum absolute atomic E-state index is 0.161. The van der Waals surface area contributed by atoms with Gasteiger partial charge in [0.25, 0.3) is 5.91 Å². The standard InChI is InChI=1S/C11H15BrN2O2/c1-8(12)6-7-14(2)11(16)9-4-3-5-10(15)13-9/h3-5,8H,6-7H2,1-2H3,(H,13,15). The minimum Gasteiger partial charge on any atom is -0.340 e. The molecule has 1 N–H and O–H groups in total. The highest BCUT2D eigenvalue weighted by molar-refractivity contribution is 9.09. The van der Waals surface area contributed by atoms with Crippen LogP contribution in [0.4, 0.5) is 0 Å². The molecule has 4 nitrogen and oxygen atoms in total. The number of hydrogen-bond acceptors (Lipinski definition) is 2. The smallest absolute Gasteiger partial charge is 0.270 e. The molecule has 1 unspecified atom stereocenters. The largest absolute Gasteiger partial charge is 0.340 e. The summed E-state index contributed by atoms with van der Waals surface area (Å²) in [6, 6.07) is 4.57. The molecule has 0 spiro atoms. The van der Waals surface area contributed by atoms with Gasteiger partial charge in [-0.2, -0.15) is 0 Å². The first-order chi connectivity index (χ1) is 7.50. The zero-order chi connectivity index (χ0) is 12.1. The lowest BCUT2D eigenvalue weighted by atomic mass is 10.3. The van der Waals surface area contributed by atoms with Gasteiger partial charge < -0.3 is 9.88 Å². The van der Waals surface area contributed by atoms with Gasteiger partial charge in [0.15, 0.2) is 0 Å². The summed E-state index contributed by atoms with van der Waals surface area (Å²) in [5.74, 6) is -0.161. The topological polar surface area (TPSA) is 53.2 Å². The molecule has 88 valence electrons. The summed E-state index contributed by atoms with van der Waals surface area (Å²) in [4.78, 5) is 27.4. The van der Waals surface area contributed by atoms with Crippen LogP contribution in [-0.4, -0.2) is 34.2 Å². The van der Waals surface area contributed by atoms with E-state index in [2.05, 4.69) is 20.9 Å². The highest BCUT2D eigenvalue weighted by Gasteiger charge is 2.12. The van der Waals surface area contributed by atoms with Crippen molar-refractivity contribution in [2.75, 3.05) is 13.6 Å². The van der Waals surface area contributed by atoms with E-state index in [1.807, 2.05) is 6.92 Å². The van der Waals surface area contributed by atoms with E-state index in [0.29, 0.717) is 17.1 Å². The number of rotatable bonds is 4. The number of nitrogens with zero attached hydrogens (tertiary/aromatic N) is 1. The molecule has 1 rings (SSSR count). The van der Waals surface area contributed by atoms with Crippen LogP contribution in [0, 0.1) is 0 Å². The Bertz CT molecular complexity index is 414. The van der Waals surface area contributed by atoms with Crippen LogP contribution in [0.1, 0.15) is 23.8 Å². The lowest BCUT2D eigenvalue weighted by molar-refractivity contribution is 0.0788. The van der Waals surface area contributed by atoms with Crippen molar-refractivity contribution in [3.63, 3.8) is 0 Å². The molecule has 0 bridgehead atoms. The lowest BCUT2D eigenvalue weighted by Crippen LogP contribution is -2.30. The van der Waals surface area contributed by atoms with E-state index in [0.717, 1.165) is 6.42 Å². The zero-order valence-corrected chi connectivity index (χ0v) is 11.0. The maximum absolute atomic E-state index is 11.8. The number of aromatic nitrogens is 1. The van der Waals surface area contributed by atoms with E-state index in [9.17, 15) is 9.59 Å². The molecule has 1 heterocycles. The van der Waals surface area contributed by atoms with Gasteiger partial charge in [-0.25, -0.2) is 0 Å². The molecule has 0 fully saturated rings. The molecule has 0 saturated heterocycles. The Morgan fingerprint density at radius 1 is 1.56 bits per heavy atom. The maximum atomic E-state index is 11.8. The number of nitrogens with one attached hydrogen (secondary N) is 1. The van der Waals surface area contributed by atoms with E-state index in [4.69, 9.17) is 0 Å². The van der Waals surface area contributed by atoms with Crippen LogP contribution in [0.3, 0.4) is 0 Å². The van der Waals surface area contributed by atoms with E-state index < -0.39 is 0 Å². The summed E-state index contributed by atoms with van der Waals surface area (Å²) in [6.07, 6.45) is 0.874. The van der Waals surface area contributed by atoms with Crippen LogP contribution in [0.15, 0.2) is 23.0 Å². The third kappa shape index (κ3) is 3.81. The van der Waals surface area contributed by atoms with E-state index in [1.165, 1.54) is 6.07 Å². The number of amides is 1. The van der Waals surface area contributed by atoms with E-state index in [1.54, 1.807) is 24.1 Å². The molecular formula is C11H15BrN2O2. The van der Waals surface area contributed by atoms with Gasteiger partial charge >= 0.3 is 0 Å². The quantitative estimate of drug-likeness (QED) is 0.856. The lowest BCUT2D eigenvalue weighted by Gasteiger charge is -2.17. The fourth-order valence-corrected chi connectivity index (χ4v) is 1.46. The van der Waals surface area contributed by atoms with Gasteiger partial charge in [0.05, 0.1) is 0 Å². The van der Waals surface area contributed by atoms with Crippen molar-refractivity contribution in [2.24, 2.45) is 0 Å². The van der Waals surface area contributed by atoms with Crippen molar-refractivity contribution >= 4 is 21.8 Å². The first-order valence-electron chi connectivity index (χ1n) is 5.09. The number of carbonyl (C=O) groups excluding carboxylic acids is 1. The van der Waals surface area contributed by atoms with Gasteiger partial charge in [0.2, 0.25) is 5.56 Å². The van der Waals surface area contributed by atoms with Gasteiger partial charge in [-0.1, -0.05) is 28.9 Å². The molecule has 0 saturated carbocycles. The zero-order valence-electron chi connectivity index (χ0n) is 9.37. The third-order valence-corrected chi connectivity index (χ3v) is 2.67. The predicted octanol–water partition coefficient (Wildman–Crippen LogP) is 1.62. The summed E-state index contributed by atoms with van der Waals surface area (Å²) >= 11 is 3.42. The molecule has 16 heavy (non-hydrogen) atoms. The first-order valence-corrected chi connectivity index (χ1v) is 6.01. The molecule has 0 aliphatic carbocycles. The Kier molecular flexibility index (Phi) is 4.73. The Morgan fingerprint density at radius 3 is 2.81 bits per heavy atom. The fraction of sp³-hybridized carbons (Fsp3) is 0.455. The van der Waals surface area contributed by atoms with Gasteiger partial charge in [0.1, 0.15) is 5.69 Å². The first kappa shape index (κ1) is 13.0. The number of pyridine rings is 1. The van der Waals surface area contributed by atoms with Crippen molar-refractivity contribution in [3.05, 3.63) is 34.2 Å². The highest BCUT2D eigenvalue weighted by atomic mass is 79.9. The molecule has 0 aliphatic heterocycles. The van der Waals surface area contributed by atoms with Crippen LogP contribution in [-0.2, 0) is 0 Å². The Labute approximate surface area is 103 Å². The van der Waals surface area contributed by atoms with E-state index in [-0.39, 0.29) is 11.5 Å². The monoisotopic (exact) mass is 286 g/mol. The molecular weight excluding hydrogens is 272 g/mol. The van der Waals surface area contributed by atoms with Crippen molar-refractivity contribution < 1.29 is 4.79 Å². The van der Waals surface area contributed by atoms with Gasteiger partial charge in [-0.15, -0.1) is 0 Å². The molecule has 1 aromatic rings. The number of halogens is 1. The number of hydrogen-bond donors (Lipinski definition) is 1. The molecule has 5 heteroatoms. The molecule has 0 aliphatic rings. The Hall–Kier alpha value is -1.10. The summed E-state index contributed by atoms with van der Waals surface area (Å²) in [7, 11) is 1.73. The number of alkyl halides is 1. The highest BCUT2D eigenvalue weighted by Crippen LogP contribution is 2.05. The second kappa shape index (κ2) is 5.84. The third-order valence-electron chi connectivity index (χ3n) is 2.21. The van der Waals surface area contributed by atoms with Crippen molar-refractivity contribution in [1.29, 1.82) is 0 Å². The summed E-state index contributed by atoms with van der Waals surface area (Å²) in [5, 5.41) is 0. The number of carbonyl (C=O) groups is 1. The van der Waals surface area contributed by atoms with Crippen LogP contribution in [0.25, 0.3) is 0 Å². The van der Waals surface area contributed by atoms with Crippen LogP contribution >= 0.6 is 15.9 Å². The summed E-state index contributed by atoms with van der Waals surface area (Å²) in [6.45, 7) is 2.69. The van der Waals surface area contributed by atoms with Gasteiger partial charge in [-0.3, -0.25) is 9.59 Å². The maximum Gasteiger partial charge on any atom is 0.270 e. The summed E-state index contributed by atoms with van der Waals surface area (Å²) < 4.78 is 0. The second-order valence-electron chi connectivity index (χ2n) is 3.72. The normalized spacial score (nSPS) is 12.2. The molecule has 0 radical (unpaired) electrons. The number of H-pyrrole nitrogens is 1. The van der Waals surface area contributed by atoms with Crippen LogP contribution in [0.2, 0.25) is 0 Å². The molecule has 1 amide bonds. The average Bonchev–Trinajstić information content (AvgIpc) is 2.24. The SMILES string of the molecule is CC(Br)CCN(C)C(=O)c1cccc(=O)[nH]1. The fourth-order valence-electron chi connectivity index (χ4n) is 1.25. The van der Waals surface area contributed by atoms with E-state index >= 15 is 0 Å². The molecule has 0 aromatic carbocycles. The molecule has 1 aromatic heterocycles. The minimum atomic E-state index is -0.256. The predicted molar refractivity (Wildman–Crippen MR) is 67.0 cm³/mol. The van der Waals surface area contributed by atoms with Crippen LogP contribution in [0.5, 0.6) is 0 Å². The van der Waals surface area contributed by atoms with Crippen molar-refractivity contribution in [1.82, 2.24) is 9.88 Å². The Balaban J connectivity index is 2.67. The van der Waals surface area contributed by atoms with Gasteiger partial charge in [-0.05, 0) is 12.5 Å². The van der Waals surface area contributed by atoms with Crippen molar-refractivity contribution in [2.45, 2.75) is 18.2 Å². The summed E-state index contributed by atoms with van der Waals surface area (Å²) in [5.41, 5.74) is 0.0744. The number of aromatic amines is 1. The van der Waals surface area contributed by atoms with Gasteiger partial charge in [0, 0.05) is 24.5 Å². The van der Waals surface area contributed by atoms with Crippen molar-refractivity contribution in [3.8, 4) is 0 Å². The molecule has 1 atom stereocenters. The Morgan fingerprint density at radius 2 is 2.25 bits per heavy atom. The van der Waals surface area contributed by atoms with Crippen LogP contribution < -0.4 is 5.56 Å². The average molecular weight is 287 g/mol. The second-order valence-corrected chi connectivity index (χ2v) is 5.29.